The van der Waals surface area contributed by atoms with E-state index in [1.54, 1.807) is 13.2 Å². The predicted octanol–water partition coefficient (Wildman–Crippen LogP) is 2.94. The smallest absolute Gasteiger partial charge is 0.119 e. The lowest BCUT2D eigenvalue weighted by Crippen LogP contribution is -2.02. The maximum Gasteiger partial charge on any atom is 0.119 e. The van der Waals surface area contributed by atoms with Crippen LogP contribution in [0.15, 0.2) is 24.3 Å². The highest BCUT2D eigenvalue weighted by Gasteiger charge is 2.14. The summed E-state index contributed by atoms with van der Waals surface area (Å²) in [6, 6.07) is 8.21. The van der Waals surface area contributed by atoms with E-state index in [2.05, 4.69) is 12.1 Å². The van der Waals surface area contributed by atoms with Crippen LogP contribution in [0.25, 0.3) is 5.57 Å². The van der Waals surface area contributed by atoms with Gasteiger partial charge < -0.3 is 4.74 Å². The van der Waals surface area contributed by atoms with Crippen LogP contribution < -0.4 is 4.74 Å². The van der Waals surface area contributed by atoms with Gasteiger partial charge in [-0.25, -0.2) is 0 Å². The van der Waals surface area contributed by atoms with Gasteiger partial charge in [0.2, 0.25) is 0 Å². The van der Waals surface area contributed by atoms with Crippen LogP contribution in [0, 0.1) is 11.3 Å². The van der Waals surface area contributed by atoms with Crippen molar-refractivity contribution in [3.8, 4) is 11.8 Å². The molecule has 0 amide bonds. The summed E-state index contributed by atoms with van der Waals surface area (Å²) in [6.45, 7) is 0. The lowest BCUT2D eigenvalue weighted by molar-refractivity contribution is 0.414. The molecule has 0 saturated carbocycles. The van der Waals surface area contributed by atoms with Gasteiger partial charge in [-0.15, -0.1) is 0 Å². The van der Waals surface area contributed by atoms with Crippen molar-refractivity contribution in [3.63, 3.8) is 0 Å². The molecule has 0 unspecified atom stereocenters. The van der Waals surface area contributed by atoms with Gasteiger partial charge in [-0.2, -0.15) is 5.26 Å². The number of benzene rings is 1. The Morgan fingerprint density at radius 1 is 1.40 bits per heavy atom. The normalized spacial score (nSPS) is 16.9. The average molecular weight is 199 g/mol. The Morgan fingerprint density at radius 3 is 3.00 bits per heavy atom. The number of allylic oxidation sites excluding steroid dienone is 2. The van der Waals surface area contributed by atoms with Gasteiger partial charge in [0.05, 0.1) is 13.2 Å². The molecule has 1 aromatic rings. The van der Waals surface area contributed by atoms with E-state index in [0.717, 1.165) is 30.6 Å². The van der Waals surface area contributed by atoms with Crippen molar-refractivity contribution in [3.05, 3.63) is 35.4 Å². The molecule has 0 fully saturated rings. The molecule has 1 aromatic carbocycles. The van der Waals surface area contributed by atoms with E-state index in [1.165, 1.54) is 11.1 Å². The summed E-state index contributed by atoms with van der Waals surface area (Å²) in [7, 11) is 1.66. The summed E-state index contributed by atoms with van der Waals surface area (Å²) in [5.41, 5.74) is 3.64. The number of aryl methyl sites for hydroxylation is 1. The van der Waals surface area contributed by atoms with E-state index in [9.17, 15) is 0 Å². The molecule has 0 atom stereocenters. The molecule has 0 heterocycles. The monoisotopic (exact) mass is 199 g/mol. The fourth-order valence-corrected chi connectivity index (χ4v) is 2.03. The molecule has 0 saturated heterocycles. The first-order chi connectivity index (χ1) is 7.35. The van der Waals surface area contributed by atoms with Crippen molar-refractivity contribution >= 4 is 5.57 Å². The highest BCUT2D eigenvalue weighted by Crippen LogP contribution is 2.32. The second kappa shape index (κ2) is 4.18. The van der Waals surface area contributed by atoms with E-state index in [0.29, 0.717) is 0 Å². The van der Waals surface area contributed by atoms with Crippen LogP contribution in [0.5, 0.6) is 5.75 Å². The Labute approximate surface area is 89.8 Å². The Kier molecular flexibility index (Phi) is 2.73. The van der Waals surface area contributed by atoms with Gasteiger partial charge in [0, 0.05) is 6.08 Å². The number of fused-ring (bicyclic) bond motifs is 1. The number of hydrogen-bond acceptors (Lipinski definition) is 2. The van der Waals surface area contributed by atoms with Crippen molar-refractivity contribution in [1.29, 1.82) is 5.26 Å². The molecule has 2 rings (SSSR count). The molecule has 76 valence electrons. The van der Waals surface area contributed by atoms with Crippen molar-refractivity contribution in [2.24, 2.45) is 0 Å². The van der Waals surface area contributed by atoms with Crippen LogP contribution in [-0.4, -0.2) is 7.11 Å². The standard InChI is InChI=1S/C13H13NO/c1-15-12-6-5-10-3-2-4-11(7-8-14)13(10)9-12/h5-7,9H,2-4H2,1H3/b11-7+. The first kappa shape index (κ1) is 9.79. The van der Waals surface area contributed by atoms with Gasteiger partial charge in [0.15, 0.2) is 0 Å². The molecule has 0 bridgehead atoms. The number of hydrogen-bond donors (Lipinski definition) is 0. The number of methoxy groups -OCH3 is 1. The third-order valence-electron chi connectivity index (χ3n) is 2.79. The molecule has 0 radical (unpaired) electrons. The van der Waals surface area contributed by atoms with Gasteiger partial charge in [-0.3, -0.25) is 0 Å². The molecular formula is C13H13NO. The zero-order valence-corrected chi connectivity index (χ0v) is 8.79. The SMILES string of the molecule is COc1ccc2c(c1)/C(=C/C#N)CCC2. The van der Waals surface area contributed by atoms with Gasteiger partial charge in [0.25, 0.3) is 0 Å². The quantitative estimate of drug-likeness (QED) is 0.651. The van der Waals surface area contributed by atoms with Crippen LogP contribution in [0.3, 0.4) is 0 Å². The fourth-order valence-electron chi connectivity index (χ4n) is 2.03. The molecule has 1 aliphatic rings. The largest absolute Gasteiger partial charge is 0.497 e. The first-order valence-electron chi connectivity index (χ1n) is 5.11. The summed E-state index contributed by atoms with van der Waals surface area (Å²) >= 11 is 0. The minimum absolute atomic E-state index is 0.861. The summed E-state index contributed by atoms with van der Waals surface area (Å²) in [5.74, 6) is 0.861. The van der Waals surface area contributed by atoms with E-state index in [1.807, 2.05) is 12.1 Å². The van der Waals surface area contributed by atoms with Gasteiger partial charge in [-0.05, 0) is 48.1 Å². The summed E-state index contributed by atoms with van der Waals surface area (Å²) < 4.78 is 5.20. The molecular weight excluding hydrogens is 186 g/mol. The van der Waals surface area contributed by atoms with E-state index < -0.39 is 0 Å². The maximum absolute atomic E-state index is 8.71. The lowest BCUT2D eigenvalue weighted by Gasteiger charge is -2.18. The first-order valence-corrected chi connectivity index (χ1v) is 5.11. The Hall–Kier alpha value is -1.75. The molecule has 0 spiro atoms. The van der Waals surface area contributed by atoms with Crippen LogP contribution in [0.2, 0.25) is 0 Å². The van der Waals surface area contributed by atoms with Crippen molar-refractivity contribution in [2.75, 3.05) is 7.11 Å². The number of ether oxygens (including phenoxy) is 1. The molecule has 0 aliphatic heterocycles. The fraction of sp³-hybridized carbons (Fsp3) is 0.308. The third kappa shape index (κ3) is 1.87. The van der Waals surface area contributed by atoms with Gasteiger partial charge in [0.1, 0.15) is 5.75 Å². The van der Waals surface area contributed by atoms with Crippen LogP contribution >= 0.6 is 0 Å². The zero-order chi connectivity index (χ0) is 10.7. The van der Waals surface area contributed by atoms with Crippen molar-refractivity contribution in [2.45, 2.75) is 19.3 Å². The lowest BCUT2D eigenvalue weighted by atomic mass is 9.87. The molecule has 15 heavy (non-hydrogen) atoms. The Bertz CT molecular complexity index is 440. The Morgan fingerprint density at radius 2 is 2.27 bits per heavy atom. The molecule has 2 nitrogen and oxygen atoms in total. The summed E-state index contributed by atoms with van der Waals surface area (Å²) in [5, 5.41) is 8.71. The highest BCUT2D eigenvalue weighted by molar-refractivity contribution is 5.72. The van der Waals surface area contributed by atoms with Crippen molar-refractivity contribution < 1.29 is 4.74 Å². The zero-order valence-electron chi connectivity index (χ0n) is 8.79. The number of nitriles is 1. The maximum atomic E-state index is 8.71. The molecule has 0 aromatic heterocycles. The summed E-state index contributed by atoms with van der Waals surface area (Å²) in [6.07, 6.45) is 4.88. The van der Waals surface area contributed by atoms with Crippen LogP contribution in [-0.2, 0) is 6.42 Å². The van der Waals surface area contributed by atoms with Gasteiger partial charge >= 0.3 is 0 Å². The second-order valence-corrected chi connectivity index (χ2v) is 3.68. The van der Waals surface area contributed by atoms with Crippen molar-refractivity contribution in [1.82, 2.24) is 0 Å². The van der Waals surface area contributed by atoms with Crippen LogP contribution in [0.4, 0.5) is 0 Å². The summed E-state index contributed by atoms with van der Waals surface area (Å²) in [4.78, 5) is 0. The second-order valence-electron chi connectivity index (χ2n) is 3.68. The molecule has 1 aliphatic carbocycles. The predicted molar refractivity (Wildman–Crippen MR) is 59.5 cm³/mol. The van der Waals surface area contributed by atoms with Crippen LogP contribution in [0.1, 0.15) is 24.0 Å². The Balaban J connectivity index is 2.49. The highest BCUT2D eigenvalue weighted by atomic mass is 16.5. The minimum Gasteiger partial charge on any atom is -0.497 e. The minimum atomic E-state index is 0.861. The molecule has 2 heteroatoms. The van der Waals surface area contributed by atoms with E-state index >= 15 is 0 Å². The van der Waals surface area contributed by atoms with E-state index in [-0.39, 0.29) is 0 Å². The average Bonchev–Trinajstić information content (AvgIpc) is 2.29. The van der Waals surface area contributed by atoms with Gasteiger partial charge in [-0.1, -0.05) is 6.07 Å². The number of nitrogens with zero attached hydrogens (tertiary/aromatic N) is 1. The van der Waals surface area contributed by atoms with E-state index in [4.69, 9.17) is 10.00 Å². The third-order valence-corrected chi connectivity index (χ3v) is 2.79. The topological polar surface area (TPSA) is 33.0 Å². The molecule has 0 N–H and O–H groups in total. The number of rotatable bonds is 1.